The van der Waals surface area contributed by atoms with E-state index < -0.39 is 11.2 Å². The van der Waals surface area contributed by atoms with Gasteiger partial charge in [0.05, 0.1) is 16.5 Å². The molecule has 0 radical (unpaired) electrons. The summed E-state index contributed by atoms with van der Waals surface area (Å²) < 4.78 is 10.9. The van der Waals surface area contributed by atoms with E-state index in [9.17, 15) is 14.8 Å². The van der Waals surface area contributed by atoms with Gasteiger partial charge in [-0.1, -0.05) is 23.7 Å². The lowest BCUT2D eigenvalue weighted by molar-refractivity contribution is -0.991. The SMILES string of the molecule is O=C(Oc1ccc2c(=O)c(-c3ccc(Cl)cc3)coc2c1)c1ccc([NH+]([O-])O)cc1. The van der Waals surface area contributed by atoms with E-state index in [4.69, 9.17) is 26.0 Å². The molecule has 0 aliphatic carbocycles. The Morgan fingerprint density at radius 1 is 1.03 bits per heavy atom. The second kappa shape index (κ2) is 8.10. The van der Waals surface area contributed by atoms with E-state index in [1.54, 1.807) is 24.3 Å². The standard InChI is InChI=1S/C22H14ClNO6/c23-15-5-1-13(2-6-15)19-12-29-20-11-17(9-10-18(20)21(19)25)30-22(26)14-3-7-16(8-4-14)24(27)28/h1-12,24,27H. The molecule has 8 heteroatoms. The molecule has 4 aromatic rings. The Labute approximate surface area is 174 Å². The largest absolute Gasteiger partial charge is 0.595 e. The van der Waals surface area contributed by atoms with Gasteiger partial charge in [-0.05, 0) is 42.0 Å². The monoisotopic (exact) mass is 423 g/mol. The number of halogens is 1. The molecule has 150 valence electrons. The van der Waals surface area contributed by atoms with Crippen molar-refractivity contribution in [2.75, 3.05) is 0 Å². The highest BCUT2D eigenvalue weighted by atomic mass is 35.5. The highest BCUT2D eigenvalue weighted by molar-refractivity contribution is 6.30. The predicted octanol–water partition coefficient (Wildman–Crippen LogP) is 3.74. The van der Waals surface area contributed by atoms with Gasteiger partial charge < -0.3 is 14.4 Å². The lowest BCUT2D eigenvalue weighted by atomic mass is 10.1. The zero-order valence-corrected chi connectivity index (χ0v) is 16.1. The van der Waals surface area contributed by atoms with Gasteiger partial charge in [0.25, 0.3) is 0 Å². The number of hydrogen-bond donors (Lipinski definition) is 2. The predicted molar refractivity (Wildman–Crippen MR) is 110 cm³/mol. The molecule has 0 spiro atoms. The molecule has 1 atom stereocenters. The fourth-order valence-electron chi connectivity index (χ4n) is 2.92. The summed E-state index contributed by atoms with van der Waals surface area (Å²) in [7, 11) is 0. The average Bonchev–Trinajstić information content (AvgIpc) is 2.75. The van der Waals surface area contributed by atoms with Gasteiger partial charge in [-0.2, -0.15) is 5.23 Å². The minimum absolute atomic E-state index is 0.0653. The molecule has 0 aliphatic heterocycles. The topological polar surface area (TPSA) is 104 Å². The quantitative estimate of drug-likeness (QED) is 0.294. The first kappa shape index (κ1) is 19.8. The maximum absolute atomic E-state index is 12.8. The Kier molecular flexibility index (Phi) is 5.35. The van der Waals surface area contributed by atoms with Gasteiger partial charge in [0.1, 0.15) is 17.6 Å². The van der Waals surface area contributed by atoms with Crippen LogP contribution in [-0.4, -0.2) is 11.2 Å². The summed E-state index contributed by atoms with van der Waals surface area (Å²) in [5, 5.41) is 19.6. The molecular formula is C22H14ClNO6. The van der Waals surface area contributed by atoms with Crippen LogP contribution in [0.25, 0.3) is 22.1 Å². The van der Waals surface area contributed by atoms with Gasteiger partial charge in [-0.3, -0.25) is 4.79 Å². The van der Waals surface area contributed by atoms with Crippen molar-refractivity contribution in [1.82, 2.24) is 0 Å². The molecule has 7 nitrogen and oxygen atoms in total. The van der Waals surface area contributed by atoms with Gasteiger partial charge in [0.2, 0.25) is 0 Å². The Hall–Kier alpha value is -3.49. The van der Waals surface area contributed by atoms with Crippen molar-refractivity contribution in [3.05, 3.63) is 99.0 Å². The highest BCUT2D eigenvalue weighted by Gasteiger charge is 2.13. The Morgan fingerprint density at radius 2 is 1.73 bits per heavy atom. The third-order valence-electron chi connectivity index (χ3n) is 4.48. The van der Waals surface area contributed by atoms with Crippen LogP contribution in [0.2, 0.25) is 5.02 Å². The molecule has 1 aromatic heterocycles. The number of carbonyl (C=O) groups is 1. The summed E-state index contributed by atoms with van der Waals surface area (Å²) in [5.74, 6) is -0.469. The molecule has 4 rings (SSSR count). The smallest absolute Gasteiger partial charge is 0.343 e. The van der Waals surface area contributed by atoms with Gasteiger partial charge in [-0.15, -0.1) is 0 Å². The molecule has 30 heavy (non-hydrogen) atoms. The van der Waals surface area contributed by atoms with Crippen molar-refractivity contribution < 1.29 is 24.4 Å². The minimum Gasteiger partial charge on any atom is -0.595 e. The summed E-state index contributed by atoms with van der Waals surface area (Å²) >= 11 is 5.89. The number of benzene rings is 3. The van der Waals surface area contributed by atoms with E-state index in [0.717, 1.165) is 0 Å². The number of hydrogen-bond acceptors (Lipinski definition) is 6. The molecule has 0 aliphatic rings. The molecule has 0 fully saturated rings. The molecule has 0 amide bonds. The maximum Gasteiger partial charge on any atom is 0.343 e. The fourth-order valence-corrected chi connectivity index (χ4v) is 3.04. The van der Waals surface area contributed by atoms with E-state index >= 15 is 0 Å². The normalized spacial score (nSPS) is 12.0. The second-order valence-electron chi connectivity index (χ2n) is 6.42. The van der Waals surface area contributed by atoms with E-state index in [-0.39, 0.29) is 28.0 Å². The van der Waals surface area contributed by atoms with E-state index in [1.807, 2.05) is 0 Å². The van der Waals surface area contributed by atoms with E-state index in [2.05, 4.69) is 0 Å². The first-order chi connectivity index (χ1) is 14.4. The van der Waals surface area contributed by atoms with Gasteiger partial charge in [-0.25, -0.2) is 10.0 Å². The first-order valence-corrected chi connectivity index (χ1v) is 9.17. The van der Waals surface area contributed by atoms with Crippen LogP contribution in [-0.2, 0) is 0 Å². The lowest BCUT2D eigenvalue weighted by Gasteiger charge is -2.11. The molecule has 0 saturated carbocycles. The number of esters is 1. The third kappa shape index (κ3) is 3.96. The van der Waals surface area contributed by atoms with Crippen LogP contribution in [0.15, 0.2) is 82.2 Å². The average molecular weight is 424 g/mol. The summed E-state index contributed by atoms with van der Waals surface area (Å²) in [6.45, 7) is 0. The molecule has 2 N–H and O–H groups in total. The summed E-state index contributed by atoms with van der Waals surface area (Å²) in [6.07, 6.45) is 1.35. The number of rotatable bonds is 4. The van der Waals surface area contributed by atoms with Crippen LogP contribution in [0, 0.1) is 5.21 Å². The first-order valence-electron chi connectivity index (χ1n) is 8.79. The van der Waals surface area contributed by atoms with E-state index in [0.29, 0.717) is 21.5 Å². The highest BCUT2D eigenvalue weighted by Crippen LogP contribution is 2.24. The van der Waals surface area contributed by atoms with Crippen LogP contribution >= 0.6 is 11.6 Å². The summed E-state index contributed by atoms with van der Waals surface area (Å²) in [4.78, 5) is 25.1. The van der Waals surface area contributed by atoms with Crippen molar-refractivity contribution >= 4 is 34.2 Å². The zero-order chi connectivity index (χ0) is 21.3. The number of nitrogens with one attached hydrogen (secondary N) is 1. The molecule has 3 aromatic carbocycles. The second-order valence-corrected chi connectivity index (χ2v) is 6.85. The van der Waals surface area contributed by atoms with Crippen molar-refractivity contribution in [2.24, 2.45) is 0 Å². The number of fused-ring (bicyclic) bond motifs is 1. The van der Waals surface area contributed by atoms with Crippen LogP contribution in [0.4, 0.5) is 5.69 Å². The minimum atomic E-state index is -1.09. The Balaban J connectivity index is 1.60. The zero-order valence-electron chi connectivity index (χ0n) is 15.3. The van der Waals surface area contributed by atoms with Crippen LogP contribution < -0.4 is 15.4 Å². The van der Waals surface area contributed by atoms with Gasteiger partial charge in [0.15, 0.2) is 11.1 Å². The lowest BCUT2D eigenvalue weighted by Crippen LogP contribution is -2.99. The van der Waals surface area contributed by atoms with E-state index in [1.165, 1.54) is 48.7 Å². The van der Waals surface area contributed by atoms with Gasteiger partial charge in [0, 0.05) is 23.2 Å². The number of ether oxygens (including phenoxy) is 1. The van der Waals surface area contributed by atoms with Crippen LogP contribution in [0.5, 0.6) is 5.75 Å². The molecular weight excluding hydrogens is 410 g/mol. The van der Waals surface area contributed by atoms with Gasteiger partial charge >= 0.3 is 5.97 Å². The number of carbonyl (C=O) groups excluding carboxylic acids is 1. The van der Waals surface area contributed by atoms with Crippen molar-refractivity contribution in [3.63, 3.8) is 0 Å². The fraction of sp³-hybridized carbons (Fsp3) is 0. The number of quaternary nitrogens is 1. The Morgan fingerprint density at radius 3 is 2.40 bits per heavy atom. The van der Waals surface area contributed by atoms with Crippen LogP contribution in [0.3, 0.4) is 0 Å². The summed E-state index contributed by atoms with van der Waals surface area (Å²) in [5.41, 5.74) is 1.37. The summed E-state index contributed by atoms with van der Waals surface area (Å²) in [6, 6.07) is 16.7. The molecule has 1 unspecified atom stereocenters. The maximum atomic E-state index is 12.8. The van der Waals surface area contributed by atoms with Crippen LogP contribution in [0.1, 0.15) is 10.4 Å². The Bertz CT molecular complexity index is 1280. The van der Waals surface area contributed by atoms with Crippen molar-refractivity contribution in [3.8, 4) is 16.9 Å². The van der Waals surface area contributed by atoms with Crippen molar-refractivity contribution in [2.45, 2.75) is 0 Å². The molecule has 1 heterocycles. The molecule has 0 bridgehead atoms. The van der Waals surface area contributed by atoms with Crippen molar-refractivity contribution in [1.29, 1.82) is 0 Å². The molecule has 0 saturated heterocycles. The third-order valence-corrected chi connectivity index (χ3v) is 4.73.